The molecule has 0 aliphatic heterocycles. The highest BCUT2D eigenvalue weighted by Crippen LogP contribution is 2.23. The van der Waals surface area contributed by atoms with Crippen molar-refractivity contribution < 1.29 is 19.1 Å². The third kappa shape index (κ3) is 7.24. The van der Waals surface area contributed by atoms with E-state index in [4.69, 9.17) is 10.5 Å². The van der Waals surface area contributed by atoms with Gasteiger partial charge in [-0.2, -0.15) is 0 Å². The van der Waals surface area contributed by atoms with Crippen molar-refractivity contribution in [3.63, 3.8) is 0 Å². The molecule has 1 fully saturated rings. The second-order valence-electron chi connectivity index (χ2n) is 6.17. The number of benzene rings is 1. The van der Waals surface area contributed by atoms with E-state index < -0.39 is 18.1 Å². The van der Waals surface area contributed by atoms with Gasteiger partial charge in [0.2, 0.25) is 6.10 Å². The summed E-state index contributed by atoms with van der Waals surface area (Å²) in [6.45, 7) is 0.487. The van der Waals surface area contributed by atoms with Gasteiger partial charge in [-0.15, -0.1) is 0 Å². The van der Waals surface area contributed by atoms with E-state index in [2.05, 4.69) is 10.6 Å². The average Bonchev–Trinajstić information content (AvgIpc) is 3.40. The quantitative estimate of drug-likeness (QED) is 0.442. The fraction of sp³-hybridized carbons (Fsp3) is 0.500. The average molecular weight is 347 g/mol. The van der Waals surface area contributed by atoms with E-state index in [9.17, 15) is 14.4 Å². The molecule has 25 heavy (non-hydrogen) atoms. The number of esters is 1. The highest BCUT2D eigenvalue weighted by molar-refractivity contribution is 5.85. The zero-order chi connectivity index (χ0) is 18.1. The van der Waals surface area contributed by atoms with E-state index in [1.54, 1.807) is 12.1 Å². The van der Waals surface area contributed by atoms with Crippen LogP contribution in [-0.2, 0) is 14.3 Å². The van der Waals surface area contributed by atoms with E-state index in [0.717, 1.165) is 25.7 Å². The molecule has 7 nitrogen and oxygen atoms in total. The monoisotopic (exact) mass is 347 g/mol. The van der Waals surface area contributed by atoms with Crippen LogP contribution in [-0.4, -0.2) is 30.5 Å². The Hall–Kier alpha value is -2.57. The fourth-order valence-corrected chi connectivity index (χ4v) is 2.38. The summed E-state index contributed by atoms with van der Waals surface area (Å²) >= 11 is 0. The Kier molecular flexibility index (Phi) is 7.25. The summed E-state index contributed by atoms with van der Waals surface area (Å²) in [6, 6.07) is 8.68. The predicted molar refractivity (Wildman–Crippen MR) is 92.5 cm³/mol. The normalized spacial score (nSPS) is 14.4. The van der Waals surface area contributed by atoms with Crippen molar-refractivity contribution in [3.8, 4) is 0 Å². The summed E-state index contributed by atoms with van der Waals surface area (Å²) in [5, 5.41) is 5.38. The number of unbranched alkanes of at least 4 members (excludes halogenated alkanes) is 2. The molecule has 1 atom stereocenters. The minimum absolute atomic E-state index is 0.204. The largest absolute Gasteiger partial charge is 0.447 e. The smallest absolute Gasteiger partial charge is 0.312 e. The zero-order valence-electron chi connectivity index (χ0n) is 14.2. The molecule has 0 heterocycles. The van der Waals surface area contributed by atoms with E-state index in [0.29, 0.717) is 18.5 Å². The topological polar surface area (TPSA) is 111 Å². The number of primary amides is 1. The summed E-state index contributed by atoms with van der Waals surface area (Å²) in [4.78, 5) is 35.0. The molecule has 1 aliphatic rings. The van der Waals surface area contributed by atoms with E-state index >= 15 is 0 Å². The first-order chi connectivity index (χ1) is 12.1. The van der Waals surface area contributed by atoms with Crippen LogP contribution in [0.15, 0.2) is 30.3 Å². The van der Waals surface area contributed by atoms with Crippen molar-refractivity contribution in [2.24, 2.45) is 5.73 Å². The van der Waals surface area contributed by atoms with Gasteiger partial charge in [0.05, 0.1) is 0 Å². The number of rotatable bonds is 10. The van der Waals surface area contributed by atoms with Crippen molar-refractivity contribution in [1.29, 1.82) is 0 Å². The molecule has 1 saturated carbocycles. The zero-order valence-corrected chi connectivity index (χ0v) is 14.2. The highest BCUT2D eigenvalue weighted by atomic mass is 16.5. The van der Waals surface area contributed by atoms with Crippen LogP contribution in [0.4, 0.5) is 4.79 Å². The summed E-state index contributed by atoms with van der Waals surface area (Å²) < 4.78 is 5.43. The van der Waals surface area contributed by atoms with Gasteiger partial charge in [-0.05, 0) is 25.7 Å². The molecule has 7 heteroatoms. The van der Waals surface area contributed by atoms with Crippen LogP contribution in [0.3, 0.4) is 0 Å². The number of ether oxygens (including phenoxy) is 1. The summed E-state index contributed by atoms with van der Waals surface area (Å²) in [5.41, 5.74) is 5.64. The van der Waals surface area contributed by atoms with Gasteiger partial charge in [0.15, 0.2) is 0 Å². The van der Waals surface area contributed by atoms with Crippen LogP contribution in [0.25, 0.3) is 0 Å². The Bertz CT molecular complexity index is 587. The van der Waals surface area contributed by atoms with Gasteiger partial charge < -0.3 is 21.1 Å². The van der Waals surface area contributed by atoms with Crippen LogP contribution in [0.5, 0.6) is 0 Å². The number of nitrogens with two attached hydrogens (primary N) is 1. The molecule has 1 aliphatic carbocycles. The second-order valence-corrected chi connectivity index (χ2v) is 6.17. The van der Waals surface area contributed by atoms with Crippen molar-refractivity contribution >= 4 is 17.9 Å². The Morgan fingerprint density at radius 3 is 2.48 bits per heavy atom. The van der Waals surface area contributed by atoms with Crippen molar-refractivity contribution in [2.45, 2.75) is 50.7 Å². The number of carbonyl (C=O) groups is 3. The van der Waals surface area contributed by atoms with Gasteiger partial charge in [0.25, 0.3) is 5.91 Å². The highest BCUT2D eigenvalue weighted by Gasteiger charge is 2.30. The molecule has 2 rings (SSSR count). The predicted octanol–water partition coefficient (Wildman–Crippen LogP) is 1.78. The van der Waals surface area contributed by atoms with Gasteiger partial charge in [0.1, 0.15) is 0 Å². The molecule has 0 unspecified atom stereocenters. The molecule has 0 bridgehead atoms. The van der Waals surface area contributed by atoms with Crippen LogP contribution in [0.1, 0.15) is 50.2 Å². The third-order valence-electron chi connectivity index (χ3n) is 3.87. The van der Waals surface area contributed by atoms with E-state index in [1.807, 2.05) is 18.2 Å². The second kappa shape index (κ2) is 9.66. The maximum Gasteiger partial charge on any atom is 0.312 e. The molecule has 0 saturated heterocycles. The standard InChI is InChI=1S/C18H25N3O4/c19-18(24)20-12-6-2-5-9-15(22)25-16(13-7-3-1-4-8-13)17(23)21-14-10-11-14/h1,3-4,7-8,14,16H,2,5-6,9-12H2,(H,21,23)(H3,19,20,24)/t16-/m1/s1. The van der Waals surface area contributed by atoms with Crippen molar-refractivity contribution in [2.75, 3.05) is 6.54 Å². The number of amides is 3. The summed E-state index contributed by atoms with van der Waals surface area (Å²) in [6.07, 6.45) is 3.40. The van der Waals surface area contributed by atoms with Gasteiger partial charge in [-0.3, -0.25) is 9.59 Å². The number of nitrogens with one attached hydrogen (secondary N) is 2. The molecule has 1 aromatic rings. The minimum atomic E-state index is -0.911. The van der Waals surface area contributed by atoms with Crippen LogP contribution in [0.2, 0.25) is 0 Å². The summed E-state index contributed by atoms with van der Waals surface area (Å²) in [5.74, 6) is -0.671. The molecule has 1 aromatic carbocycles. The Morgan fingerprint density at radius 1 is 1.12 bits per heavy atom. The fourth-order valence-electron chi connectivity index (χ4n) is 2.38. The molecule has 0 aromatic heterocycles. The molecule has 136 valence electrons. The lowest BCUT2D eigenvalue weighted by molar-refractivity contribution is -0.156. The SMILES string of the molecule is NC(=O)NCCCCCC(=O)O[C@@H](C(=O)NC1CC1)c1ccccc1. The molecule has 0 radical (unpaired) electrons. The van der Waals surface area contributed by atoms with Crippen molar-refractivity contribution in [1.82, 2.24) is 10.6 Å². The lowest BCUT2D eigenvalue weighted by Gasteiger charge is -2.18. The van der Waals surface area contributed by atoms with Crippen molar-refractivity contribution in [3.05, 3.63) is 35.9 Å². The lowest BCUT2D eigenvalue weighted by atomic mass is 10.1. The molecular formula is C18H25N3O4. The molecular weight excluding hydrogens is 322 g/mol. The third-order valence-corrected chi connectivity index (χ3v) is 3.87. The van der Waals surface area contributed by atoms with Gasteiger partial charge in [0, 0.05) is 24.6 Å². The molecule has 0 spiro atoms. The van der Waals surface area contributed by atoms with Crippen LogP contribution < -0.4 is 16.4 Å². The van der Waals surface area contributed by atoms with Crippen LogP contribution >= 0.6 is 0 Å². The first-order valence-electron chi connectivity index (χ1n) is 8.64. The maximum absolute atomic E-state index is 12.4. The van der Waals surface area contributed by atoms with Gasteiger partial charge in [-0.25, -0.2) is 4.79 Å². The first-order valence-corrected chi connectivity index (χ1v) is 8.64. The Morgan fingerprint density at radius 2 is 1.84 bits per heavy atom. The minimum Gasteiger partial charge on any atom is -0.447 e. The van der Waals surface area contributed by atoms with Crippen LogP contribution in [0, 0.1) is 0 Å². The number of urea groups is 1. The lowest BCUT2D eigenvalue weighted by Crippen LogP contribution is -2.33. The van der Waals surface area contributed by atoms with E-state index in [1.165, 1.54) is 0 Å². The summed E-state index contributed by atoms with van der Waals surface area (Å²) in [7, 11) is 0. The molecule has 3 amide bonds. The molecule has 4 N–H and O–H groups in total. The maximum atomic E-state index is 12.4. The number of carbonyl (C=O) groups excluding carboxylic acids is 3. The number of hydrogen-bond acceptors (Lipinski definition) is 4. The van der Waals surface area contributed by atoms with Gasteiger partial charge >= 0.3 is 12.0 Å². The van der Waals surface area contributed by atoms with E-state index in [-0.39, 0.29) is 18.4 Å². The first kappa shape index (κ1) is 18.8. The van der Waals surface area contributed by atoms with Gasteiger partial charge in [-0.1, -0.05) is 36.8 Å². The number of hydrogen-bond donors (Lipinski definition) is 3. The Labute approximate surface area is 147 Å². The Balaban J connectivity index is 1.78.